The van der Waals surface area contributed by atoms with Crippen molar-refractivity contribution < 1.29 is 13.2 Å². The Labute approximate surface area is 123 Å². The number of piperazine rings is 1. The third-order valence-corrected chi connectivity index (χ3v) is 4.79. The zero-order valence-electron chi connectivity index (χ0n) is 11.3. The van der Waals surface area contributed by atoms with Gasteiger partial charge < -0.3 is 9.80 Å². The molecular formula is C13H17ClN2O3S. The second-order valence-electron chi connectivity index (χ2n) is 4.94. The molecule has 0 bridgehead atoms. The molecule has 0 spiro atoms. The van der Waals surface area contributed by atoms with Crippen LogP contribution in [0.5, 0.6) is 0 Å². The quantitative estimate of drug-likeness (QED) is 0.779. The topological polar surface area (TPSA) is 57.7 Å². The summed E-state index contributed by atoms with van der Waals surface area (Å²) in [5, 5.41) is 0. The Balaban J connectivity index is 1.98. The molecule has 1 amide bonds. The van der Waals surface area contributed by atoms with Crippen LogP contribution < -0.4 is 0 Å². The number of halogens is 1. The molecule has 0 N–H and O–H groups in total. The van der Waals surface area contributed by atoms with E-state index in [1.165, 1.54) is 12.1 Å². The number of carbonyl (C=O) groups is 1. The van der Waals surface area contributed by atoms with Gasteiger partial charge in [-0.05, 0) is 24.7 Å². The normalized spacial score (nSPS) is 17.2. The van der Waals surface area contributed by atoms with E-state index in [4.69, 9.17) is 10.7 Å². The lowest BCUT2D eigenvalue weighted by atomic mass is 10.1. The van der Waals surface area contributed by atoms with Crippen molar-refractivity contribution in [2.24, 2.45) is 0 Å². The first-order valence-corrected chi connectivity index (χ1v) is 8.67. The van der Waals surface area contributed by atoms with Crippen molar-refractivity contribution in [3.8, 4) is 0 Å². The zero-order chi connectivity index (χ0) is 14.8. The molecule has 7 heteroatoms. The molecule has 1 fully saturated rings. The van der Waals surface area contributed by atoms with Crippen LogP contribution >= 0.6 is 10.7 Å². The van der Waals surface area contributed by atoms with E-state index < -0.39 is 9.05 Å². The molecule has 20 heavy (non-hydrogen) atoms. The maximum Gasteiger partial charge on any atom is 0.261 e. The van der Waals surface area contributed by atoms with Crippen molar-refractivity contribution in [3.05, 3.63) is 29.8 Å². The maximum atomic E-state index is 12.1. The number of benzene rings is 1. The third-order valence-electron chi connectivity index (χ3n) is 3.42. The predicted octanol–water partition coefficient (Wildman–Crippen LogP) is 0.931. The van der Waals surface area contributed by atoms with E-state index in [1.54, 1.807) is 12.1 Å². The molecule has 1 aliphatic heterocycles. The molecule has 0 saturated carbocycles. The van der Waals surface area contributed by atoms with Crippen LogP contribution in [0.1, 0.15) is 5.56 Å². The van der Waals surface area contributed by atoms with Gasteiger partial charge in [-0.15, -0.1) is 0 Å². The van der Waals surface area contributed by atoms with Crippen LogP contribution in [0.3, 0.4) is 0 Å². The number of rotatable bonds is 3. The summed E-state index contributed by atoms with van der Waals surface area (Å²) in [6.45, 7) is 3.25. The average molecular weight is 317 g/mol. The van der Waals surface area contributed by atoms with E-state index >= 15 is 0 Å². The van der Waals surface area contributed by atoms with Crippen LogP contribution in [0, 0.1) is 0 Å². The van der Waals surface area contributed by atoms with Crippen LogP contribution in [0.4, 0.5) is 0 Å². The van der Waals surface area contributed by atoms with E-state index in [-0.39, 0.29) is 17.2 Å². The molecule has 5 nitrogen and oxygen atoms in total. The molecule has 1 aromatic rings. The van der Waals surface area contributed by atoms with Crippen molar-refractivity contribution in [1.82, 2.24) is 9.80 Å². The van der Waals surface area contributed by atoms with Gasteiger partial charge in [0.05, 0.1) is 11.3 Å². The number of carbonyl (C=O) groups excluding carboxylic acids is 1. The monoisotopic (exact) mass is 316 g/mol. The molecule has 2 rings (SSSR count). The summed E-state index contributed by atoms with van der Waals surface area (Å²) in [5.41, 5.74) is 0.790. The highest BCUT2D eigenvalue weighted by atomic mass is 35.7. The lowest BCUT2D eigenvalue weighted by Crippen LogP contribution is -2.47. The minimum atomic E-state index is -3.70. The summed E-state index contributed by atoms with van der Waals surface area (Å²) < 4.78 is 22.3. The Morgan fingerprint density at radius 2 is 1.70 bits per heavy atom. The minimum absolute atomic E-state index is 0.0509. The van der Waals surface area contributed by atoms with Gasteiger partial charge in [-0.2, -0.15) is 0 Å². The molecule has 0 atom stereocenters. The Hall–Kier alpha value is -1.11. The van der Waals surface area contributed by atoms with E-state index in [0.29, 0.717) is 0 Å². The van der Waals surface area contributed by atoms with Crippen LogP contribution in [0.15, 0.2) is 29.2 Å². The molecule has 1 aliphatic rings. The Kier molecular flexibility index (Phi) is 4.67. The van der Waals surface area contributed by atoms with Gasteiger partial charge in [-0.3, -0.25) is 4.79 Å². The Bertz CT molecular complexity index is 578. The summed E-state index contributed by atoms with van der Waals surface area (Å²) in [6.07, 6.45) is 0.284. The van der Waals surface area contributed by atoms with Gasteiger partial charge in [0, 0.05) is 36.9 Å². The average Bonchev–Trinajstić information content (AvgIpc) is 2.39. The van der Waals surface area contributed by atoms with E-state index in [9.17, 15) is 13.2 Å². The largest absolute Gasteiger partial charge is 0.340 e. The lowest BCUT2D eigenvalue weighted by Gasteiger charge is -2.32. The molecule has 1 saturated heterocycles. The first-order valence-electron chi connectivity index (χ1n) is 6.36. The van der Waals surface area contributed by atoms with Gasteiger partial charge in [0.25, 0.3) is 9.05 Å². The van der Waals surface area contributed by atoms with E-state index in [0.717, 1.165) is 31.7 Å². The summed E-state index contributed by atoms with van der Waals surface area (Å²) in [5.74, 6) is 0.0691. The van der Waals surface area contributed by atoms with Crippen molar-refractivity contribution in [2.45, 2.75) is 11.3 Å². The standard InChI is InChI=1S/C13H17ClN2O3S/c1-15-6-8-16(9-7-15)13(17)10-11-2-4-12(5-3-11)20(14,18)19/h2-5H,6-10H2,1H3. The first kappa shape index (κ1) is 15.3. The van der Waals surface area contributed by atoms with Crippen LogP contribution in [0.25, 0.3) is 0 Å². The summed E-state index contributed by atoms with van der Waals surface area (Å²) >= 11 is 0. The fourth-order valence-corrected chi connectivity index (χ4v) is 2.88. The van der Waals surface area contributed by atoms with Crippen LogP contribution in [-0.4, -0.2) is 57.4 Å². The fourth-order valence-electron chi connectivity index (χ4n) is 2.11. The number of likely N-dealkylation sites (N-methyl/N-ethyl adjacent to an activating group) is 1. The number of nitrogens with zero attached hydrogens (tertiary/aromatic N) is 2. The van der Waals surface area contributed by atoms with Gasteiger partial charge in [0.2, 0.25) is 5.91 Å². The van der Waals surface area contributed by atoms with Crippen molar-refractivity contribution in [3.63, 3.8) is 0 Å². The second kappa shape index (κ2) is 6.11. The number of hydrogen-bond acceptors (Lipinski definition) is 4. The maximum absolute atomic E-state index is 12.1. The SMILES string of the molecule is CN1CCN(C(=O)Cc2ccc(S(=O)(=O)Cl)cc2)CC1. The number of hydrogen-bond donors (Lipinski definition) is 0. The highest BCUT2D eigenvalue weighted by molar-refractivity contribution is 8.13. The predicted molar refractivity (Wildman–Crippen MR) is 77.3 cm³/mol. The zero-order valence-corrected chi connectivity index (χ0v) is 12.8. The molecular weight excluding hydrogens is 300 g/mol. The first-order chi connectivity index (χ1) is 9.36. The molecule has 0 radical (unpaired) electrons. The molecule has 0 aromatic heterocycles. The van der Waals surface area contributed by atoms with Crippen LogP contribution in [-0.2, 0) is 20.3 Å². The lowest BCUT2D eigenvalue weighted by molar-refractivity contribution is -0.132. The van der Waals surface area contributed by atoms with Gasteiger partial charge in [0.15, 0.2) is 0 Å². The highest BCUT2D eigenvalue weighted by Crippen LogP contribution is 2.16. The molecule has 0 unspecified atom stereocenters. The van der Waals surface area contributed by atoms with Crippen molar-refractivity contribution >= 4 is 25.6 Å². The van der Waals surface area contributed by atoms with Gasteiger partial charge >= 0.3 is 0 Å². The van der Waals surface area contributed by atoms with E-state index in [1.807, 2.05) is 11.9 Å². The summed E-state index contributed by atoms with van der Waals surface area (Å²) in [6, 6.07) is 6.11. The molecule has 1 heterocycles. The van der Waals surface area contributed by atoms with E-state index in [2.05, 4.69) is 4.90 Å². The second-order valence-corrected chi connectivity index (χ2v) is 7.51. The molecule has 0 aliphatic carbocycles. The van der Waals surface area contributed by atoms with Crippen molar-refractivity contribution in [1.29, 1.82) is 0 Å². The highest BCUT2D eigenvalue weighted by Gasteiger charge is 2.19. The smallest absolute Gasteiger partial charge is 0.261 e. The van der Waals surface area contributed by atoms with Crippen molar-refractivity contribution in [2.75, 3.05) is 33.2 Å². The Morgan fingerprint density at radius 3 is 2.20 bits per heavy atom. The van der Waals surface area contributed by atoms with Gasteiger partial charge in [0.1, 0.15) is 0 Å². The Morgan fingerprint density at radius 1 is 1.15 bits per heavy atom. The minimum Gasteiger partial charge on any atom is -0.340 e. The molecule has 110 valence electrons. The fraction of sp³-hybridized carbons (Fsp3) is 0.462. The summed E-state index contributed by atoms with van der Waals surface area (Å²) in [7, 11) is 3.58. The van der Waals surface area contributed by atoms with Crippen LogP contribution in [0.2, 0.25) is 0 Å². The van der Waals surface area contributed by atoms with Gasteiger partial charge in [-0.1, -0.05) is 12.1 Å². The number of amides is 1. The summed E-state index contributed by atoms with van der Waals surface area (Å²) in [4.78, 5) is 16.2. The van der Waals surface area contributed by atoms with Gasteiger partial charge in [-0.25, -0.2) is 8.42 Å². The molecule has 1 aromatic carbocycles. The third kappa shape index (κ3) is 3.94.